The zero-order valence-corrected chi connectivity index (χ0v) is 11.5. The van der Waals surface area contributed by atoms with E-state index < -0.39 is 0 Å². The van der Waals surface area contributed by atoms with Crippen LogP contribution < -0.4 is 5.32 Å². The fourth-order valence-corrected chi connectivity index (χ4v) is 1.87. The fraction of sp³-hybridized carbons (Fsp3) is 0.462. The van der Waals surface area contributed by atoms with Gasteiger partial charge in [-0.2, -0.15) is 0 Å². The Morgan fingerprint density at radius 3 is 2.47 bits per heavy atom. The van der Waals surface area contributed by atoms with Gasteiger partial charge in [-0.15, -0.1) is 12.6 Å². The van der Waals surface area contributed by atoms with Crippen LogP contribution in [-0.2, 0) is 11.2 Å². The first kappa shape index (κ1) is 14.1. The van der Waals surface area contributed by atoms with Gasteiger partial charge in [0.15, 0.2) is 0 Å². The number of thiol groups is 1. The first-order valence-corrected chi connectivity index (χ1v) is 6.14. The molecule has 1 amide bonds. The van der Waals surface area contributed by atoms with E-state index in [0.717, 1.165) is 17.0 Å². The predicted molar refractivity (Wildman–Crippen MR) is 73.6 cm³/mol. The summed E-state index contributed by atoms with van der Waals surface area (Å²) >= 11 is 4.21. The molecule has 3 nitrogen and oxygen atoms in total. The Kier molecular flexibility index (Phi) is 5.51. The van der Waals surface area contributed by atoms with E-state index in [0.29, 0.717) is 6.42 Å². The van der Waals surface area contributed by atoms with Crippen LogP contribution in [0, 0.1) is 0 Å². The molecule has 0 spiro atoms. The Morgan fingerprint density at radius 2 is 1.94 bits per heavy atom. The SMILES string of the molecule is CC(CN(C)C)NC(=O)Cc1ccc(S)cc1. The lowest BCUT2D eigenvalue weighted by Crippen LogP contribution is -2.40. The Hall–Kier alpha value is -1.00. The summed E-state index contributed by atoms with van der Waals surface area (Å²) in [5, 5.41) is 2.97. The lowest BCUT2D eigenvalue weighted by atomic mass is 10.1. The van der Waals surface area contributed by atoms with E-state index in [1.165, 1.54) is 0 Å². The molecule has 0 aromatic heterocycles. The molecule has 0 aliphatic rings. The van der Waals surface area contributed by atoms with Crippen LogP contribution >= 0.6 is 12.6 Å². The highest BCUT2D eigenvalue weighted by Gasteiger charge is 2.08. The van der Waals surface area contributed by atoms with E-state index in [-0.39, 0.29) is 11.9 Å². The number of rotatable bonds is 5. The van der Waals surface area contributed by atoms with Gasteiger partial charge < -0.3 is 10.2 Å². The van der Waals surface area contributed by atoms with Gasteiger partial charge in [0.2, 0.25) is 5.91 Å². The lowest BCUT2D eigenvalue weighted by Gasteiger charge is -2.18. The van der Waals surface area contributed by atoms with E-state index in [4.69, 9.17) is 0 Å². The molecule has 0 radical (unpaired) electrons. The van der Waals surface area contributed by atoms with Crippen molar-refractivity contribution in [1.29, 1.82) is 0 Å². The van der Waals surface area contributed by atoms with Gasteiger partial charge in [0, 0.05) is 17.5 Å². The van der Waals surface area contributed by atoms with E-state index in [1.54, 1.807) is 0 Å². The molecule has 0 saturated heterocycles. The third kappa shape index (κ3) is 5.75. The second-order valence-electron chi connectivity index (χ2n) is 4.57. The predicted octanol–water partition coefficient (Wildman–Crippen LogP) is 1.58. The second kappa shape index (κ2) is 6.67. The molecule has 0 aliphatic heterocycles. The van der Waals surface area contributed by atoms with Crippen molar-refractivity contribution >= 4 is 18.5 Å². The van der Waals surface area contributed by atoms with Crippen molar-refractivity contribution < 1.29 is 4.79 Å². The van der Waals surface area contributed by atoms with Crippen molar-refractivity contribution in [2.75, 3.05) is 20.6 Å². The number of likely N-dealkylation sites (N-methyl/N-ethyl adjacent to an activating group) is 1. The largest absolute Gasteiger partial charge is 0.352 e. The van der Waals surface area contributed by atoms with Gasteiger partial charge in [-0.3, -0.25) is 4.79 Å². The van der Waals surface area contributed by atoms with E-state index >= 15 is 0 Å². The molecule has 0 saturated carbocycles. The highest BCUT2D eigenvalue weighted by atomic mass is 32.1. The van der Waals surface area contributed by atoms with Crippen molar-refractivity contribution in [1.82, 2.24) is 10.2 Å². The van der Waals surface area contributed by atoms with Crippen molar-refractivity contribution in [3.8, 4) is 0 Å². The van der Waals surface area contributed by atoms with Crippen LogP contribution in [0.2, 0.25) is 0 Å². The zero-order chi connectivity index (χ0) is 12.8. The maximum absolute atomic E-state index is 11.7. The van der Waals surface area contributed by atoms with E-state index in [9.17, 15) is 4.79 Å². The normalized spacial score (nSPS) is 12.5. The number of benzene rings is 1. The van der Waals surface area contributed by atoms with Crippen molar-refractivity contribution in [3.63, 3.8) is 0 Å². The van der Waals surface area contributed by atoms with Crippen LogP contribution in [0.4, 0.5) is 0 Å². The molecule has 0 fully saturated rings. The van der Waals surface area contributed by atoms with Crippen molar-refractivity contribution in [2.45, 2.75) is 24.3 Å². The summed E-state index contributed by atoms with van der Waals surface area (Å²) in [5.41, 5.74) is 1.01. The van der Waals surface area contributed by atoms with Crippen LogP contribution in [0.5, 0.6) is 0 Å². The highest BCUT2D eigenvalue weighted by Crippen LogP contribution is 2.08. The molecule has 17 heavy (non-hydrogen) atoms. The molecule has 1 aromatic carbocycles. The molecule has 1 rings (SSSR count). The molecule has 0 bridgehead atoms. The van der Waals surface area contributed by atoms with Crippen LogP contribution in [0.1, 0.15) is 12.5 Å². The van der Waals surface area contributed by atoms with Gasteiger partial charge >= 0.3 is 0 Å². The molecule has 1 atom stereocenters. The average molecular weight is 252 g/mol. The van der Waals surface area contributed by atoms with Crippen LogP contribution in [0.15, 0.2) is 29.2 Å². The number of hydrogen-bond acceptors (Lipinski definition) is 3. The molecule has 1 N–H and O–H groups in total. The number of hydrogen-bond donors (Lipinski definition) is 2. The first-order valence-electron chi connectivity index (χ1n) is 5.69. The molecule has 0 heterocycles. The number of nitrogens with zero attached hydrogens (tertiary/aromatic N) is 1. The third-order valence-electron chi connectivity index (χ3n) is 2.35. The molecular weight excluding hydrogens is 232 g/mol. The number of carbonyl (C=O) groups excluding carboxylic acids is 1. The van der Waals surface area contributed by atoms with E-state index in [2.05, 4.69) is 22.8 Å². The summed E-state index contributed by atoms with van der Waals surface area (Å²) in [6.45, 7) is 2.86. The van der Waals surface area contributed by atoms with Gasteiger partial charge in [-0.05, 0) is 38.7 Å². The Morgan fingerprint density at radius 1 is 1.35 bits per heavy atom. The number of carbonyl (C=O) groups is 1. The number of amides is 1. The first-order chi connectivity index (χ1) is 7.97. The molecule has 1 aromatic rings. The second-order valence-corrected chi connectivity index (χ2v) is 5.09. The van der Waals surface area contributed by atoms with Crippen molar-refractivity contribution in [2.24, 2.45) is 0 Å². The Labute approximate surface area is 109 Å². The monoisotopic (exact) mass is 252 g/mol. The van der Waals surface area contributed by atoms with Gasteiger partial charge in [0.25, 0.3) is 0 Å². The minimum Gasteiger partial charge on any atom is -0.352 e. The van der Waals surface area contributed by atoms with Gasteiger partial charge in [-0.1, -0.05) is 12.1 Å². The van der Waals surface area contributed by atoms with Crippen LogP contribution in [0.3, 0.4) is 0 Å². The molecule has 4 heteroatoms. The average Bonchev–Trinajstić information content (AvgIpc) is 2.19. The standard InChI is InChI=1S/C13H20N2OS/c1-10(9-15(2)3)14-13(16)8-11-4-6-12(17)7-5-11/h4-7,10,17H,8-9H2,1-3H3,(H,14,16). The smallest absolute Gasteiger partial charge is 0.224 e. The minimum absolute atomic E-state index is 0.0614. The molecule has 0 aliphatic carbocycles. The summed E-state index contributed by atoms with van der Waals surface area (Å²) < 4.78 is 0. The van der Waals surface area contributed by atoms with Gasteiger partial charge in [0.1, 0.15) is 0 Å². The van der Waals surface area contributed by atoms with Gasteiger partial charge in [-0.25, -0.2) is 0 Å². The van der Waals surface area contributed by atoms with E-state index in [1.807, 2.05) is 45.3 Å². The quantitative estimate of drug-likeness (QED) is 0.780. The fourth-order valence-electron chi connectivity index (χ4n) is 1.72. The maximum atomic E-state index is 11.7. The topological polar surface area (TPSA) is 32.3 Å². The third-order valence-corrected chi connectivity index (χ3v) is 2.65. The van der Waals surface area contributed by atoms with Gasteiger partial charge in [0.05, 0.1) is 6.42 Å². The summed E-state index contributed by atoms with van der Waals surface area (Å²) in [4.78, 5) is 14.7. The highest BCUT2D eigenvalue weighted by molar-refractivity contribution is 7.80. The number of nitrogens with one attached hydrogen (secondary N) is 1. The zero-order valence-electron chi connectivity index (χ0n) is 10.6. The summed E-state index contributed by atoms with van der Waals surface area (Å²) in [7, 11) is 3.99. The van der Waals surface area contributed by atoms with Crippen molar-refractivity contribution in [3.05, 3.63) is 29.8 Å². The molecule has 94 valence electrons. The Balaban J connectivity index is 2.41. The summed E-state index contributed by atoms with van der Waals surface area (Å²) in [6, 6.07) is 7.82. The minimum atomic E-state index is 0.0614. The maximum Gasteiger partial charge on any atom is 0.224 e. The summed E-state index contributed by atoms with van der Waals surface area (Å²) in [5.74, 6) is 0.0614. The van der Waals surface area contributed by atoms with Crippen LogP contribution in [0.25, 0.3) is 0 Å². The lowest BCUT2D eigenvalue weighted by molar-refractivity contribution is -0.121. The van der Waals surface area contributed by atoms with Crippen LogP contribution in [-0.4, -0.2) is 37.5 Å². The molecular formula is C13H20N2OS. The molecule has 1 unspecified atom stereocenters. The Bertz CT molecular complexity index is 362. The summed E-state index contributed by atoms with van der Waals surface area (Å²) in [6.07, 6.45) is 0.422.